The van der Waals surface area contributed by atoms with E-state index in [2.05, 4.69) is 50.7 Å². The van der Waals surface area contributed by atoms with Crippen LogP contribution in [0.1, 0.15) is 27.2 Å². The van der Waals surface area contributed by atoms with Crippen LogP contribution in [0.2, 0.25) is 18.1 Å². The molecule has 0 saturated heterocycles. The summed E-state index contributed by atoms with van der Waals surface area (Å²) in [4.78, 5) is 2.20. The first kappa shape index (κ1) is 15.5. The highest BCUT2D eigenvalue weighted by Crippen LogP contribution is 2.36. The van der Waals surface area contributed by atoms with E-state index in [-0.39, 0.29) is 11.9 Å². The van der Waals surface area contributed by atoms with Crippen molar-refractivity contribution in [1.82, 2.24) is 4.81 Å². The third-order valence-electron chi connectivity index (χ3n) is 4.07. The molecule has 5 heteroatoms. The highest BCUT2D eigenvalue weighted by molar-refractivity contribution is 6.74. The van der Waals surface area contributed by atoms with E-state index in [1.54, 1.807) is 0 Å². The van der Waals surface area contributed by atoms with E-state index in [4.69, 9.17) is 9.69 Å². The van der Waals surface area contributed by atoms with Crippen LogP contribution in [0.4, 0.5) is 0 Å². The van der Waals surface area contributed by atoms with Gasteiger partial charge < -0.3 is 9.24 Å². The molecule has 0 aliphatic carbocycles. The minimum Gasteiger partial charge on any atom is -0.416 e. The Bertz CT molecular complexity index is 344. The molecule has 0 bridgehead atoms. The fourth-order valence-corrected chi connectivity index (χ4v) is 2.77. The second kappa shape index (κ2) is 6.05. The Kier molecular flexibility index (Phi) is 5.21. The van der Waals surface area contributed by atoms with E-state index in [1.807, 2.05) is 5.98 Å². The monoisotopic (exact) mass is 264 g/mol. The Morgan fingerprint density at radius 3 is 2.67 bits per heavy atom. The standard InChI is InChI=1S/C13H25BN2OSi/c1-13(2,3)18(4,5)17-11-10-16-9-7-6-8-14(16)12-15/h6,8H,7,9-11H2,1-5H3. The maximum absolute atomic E-state index is 9.07. The molecule has 0 N–H and O–H groups in total. The molecule has 1 rings (SSSR count). The Morgan fingerprint density at radius 2 is 2.11 bits per heavy atom. The van der Waals surface area contributed by atoms with Crippen LogP contribution >= 0.6 is 0 Å². The molecular formula is C13H25BN2OSi. The summed E-state index contributed by atoms with van der Waals surface area (Å²) in [6, 6.07) is 0. The first-order valence-electron chi connectivity index (χ1n) is 6.72. The highest BCUT2D eigenvalue weighted by Gasteiger charge is 2.37. The van der Waals surface area contributed by atoms with Crippen molar-refractivity contribution < 1.29 is 4.43 Å². The summed E-state index contributed by atoms with van der Waals surface area (Å²) in [6.07, 6.45) is 3.14. The van der Waals surface area contributed by atoms with Crippen LogP contribution in [0.5, 0.6) is 0 Å². The molecule has 0 atom stereocenters. The Balaban J connectivity index is 2.43. The summed E-state index contributed by atoms with van der Waals surface area (Å²) < 4.78 is 6.15. The van der Waals surface area contributed by atoms with E-state index in [0.29, 0.717) is 0 Å². The van der Waals surface area contributed by atoms with Crippen LogP contribution in [0.3, 0.4) is 0 Å². The van der Waals surface area contributed by atoms with Gasteiger partial charge in [0.25, 0.3) is 0 Å². The quantitative estimate of drug-likeness (QED) is 0.732. The lowest BCUT2D eigenvalue weighted by Gasteiger charge is -2.37. The van der Waals surface area contributed by atoms with E-state index in [1.165, 1.54) is 0 Å². The first-order valence-corrected chi connectivity index (χ1v) is 9.63. The highest BCUT2D eigenvalue weighted by atomic mass is 28.4. The van der Waals surface area contributed by atoms with Gasteiger partial charge in [-0.3, -0.25) is 0 Å². The van der Waals surface area contributed by atoms with Gasteiger partial charge in [-0.25, -0.2) is 5.26 Å². The van der Waals surface area contributed by atoms with Gasteiger partial charge in [0.05, 0.1) is 0 Å². The van der Waals surface area contributed by atoms with E-state index in [9.17, 15) is 0 Å². The maximum Gasteiger partial charge on any atom is 0.374 e. The van der Waals surface area contributed by atoms with Gasteiger partial charge in [-0.15, -0.1) is 0 Å². The van der Waals surface area contributed by atoms with Crippen molar-refractivity contribution in [2.45, 2.75) is 45.3 Å². The molecule has 0 amide bonds. The molecule has 1 aliphatic heterocycles. The number of hydrogen-bond donors (Lipinski definition) is 0. The molecule has 18 heavy (non-hydrogen) atoms. The van der Waals surface area contributed by atoms with Crippen molar-refractivity contribution in [3.05, 3.63) is 12.1 Å². The minimum atomic E-state index is -1.65. The van der Waals surface area contributed by atoms with Gasteiger partial charge in [0.1, 0.15) is 0 Å². The smallest absolute Gasteiger partial charge is 0.374 e. The summed E-state index contributed by atoms with van der Waals surface area (Å²) in [6.45, 7) is 13.8. The fourth-order valence-electron chi connectivity index (χ4n) is 1.74. The summed E-state index contributed by atoms with van der Waals surface area (Å²) in [7, 11) is -1.65. The lowest BCUT2D eigenvalue weighted by atomic mass is 9.60. The number of hydrogen-bond acceptors (Lipinski definition) is 3. The van der Waals surface area contributed by atoms with Gasteiger partial charge in [0.15, 0.2) is 8.32 Å². The molecule has 100 valence electrons. The van der Waals surface area contributed by atoms with E-state index < -0.39 is 8.32 Å². The number of nitriles is 1. The van der Waals surface area contributed by atoms with Gasteiger partial charge in [-0.2, -0.15) is 0 Å². The normalized spacial score (nSPS) is 17.9. The molecule has 0 unspecified atom stereocenters. The molecule has 1 aliphatic rings. The molecule has 0 radical (unpaired) electrons. The van der Waals surface area contributed by atoms with Crippen molar-refractivity contribution in [3.63, 3.8) is 0 Å². The van der Waals surface area contributed by atoms with Gasteiger partial charge >= 0.3 is 6.85 Å². The van der Waals surface area contributed by atoms with Gasteiger partial charge in [0, 0.05) is 19.1 Å². The molecule has 0 aromatic heterocycles. The van der Waals surface area contributed by atoms with E-state index in [0.717, 1.165) is 26.1 Å². The zero-order chi connectivity index (χ0) is 13.8. The van der Waals surface area contributed by atoms with Crippen molar-refractivity contribution in [3.8, 4) is 5.97 Å². The van der Waals surface area contributed by atoms with E-state index >= 15 is 0 Å². The molecule has 1 heterocycles. The third-order valence-corrected chi connectivity index (χ3v) is 8.61. The van der Waals surface area contributed by atoms with Gasteiger partial charge in [0.2, 0.25) is 0 Å². The summed E-state index contributed by atoms with van der Waals surface area (Å²) >= 11 is 0. The molecular weight excluding hydrogens is 239 g/mol. The van der Waals surface area contributed by atoms with Gasteiger partial charge in [-0.1, -0.05) is 32.8 Å². The summed E-state index contributed by atoms with van der Waals surface area (Å²) in [5.41, 5.74) is 0. The summed E-state index contributed by atoms with van der Waals surface area (Å²) in [5, 5.41) is 9.33. The van der Waals surface area contributed by atoms with Crippen LogP contribution in [-0.2, 0) is 4.43 Å². The van der Waals surface area contributed by atoms with Crippen LogP contribution in [0, 0.1) is 11.2 Å². The maximum atomic E-state index is 9.07. The summed E-state index contributed by atoms with van der Waals surface area (Å²) in [5.74, 6) is 4.32. The lowest BCUT2D eigenvalue weighted by Crippen LogP contribution is -2.46. The first-order chi connectivity index (χ1) is 8.28. The Morgan fingerprint density at radius 1 is 1.44 bits per heavy atom. The van der Waals surface area contributed by atoms with Crippen molar-refractivity contribution in [2.24, 2.45) is 0 Å². The Labute approximate surface area is 113 Å². The van der Waals surface area contributed by atoms with Crippen LogP contribution in [-0.4, -0.2) is 39.7 Å². The SMILES string of the molecule is CC(C)(C)[Si](C)(C)OCCN1CCC=CB1C#N. The molecule has 3 nitrogen and oxygen atoms in total. The Hall–Kier alpha value is -0.568. The van der Waals surface area contributed by atoms with Crippen LogP contribution < -0.4 is 0 Å². The molecule has 0 saturated carbocycles. The van der Waals surface area contributed by atoms with Crippen LogP contribution in [0.25, 0.3) is 0 Å². The lowest BCUT2D eigenvalue weighted by molar-refractivity contribution is 0.253. The van der Waals surface area contributed by atoms with Crippen LogP contribution in [0.15, 0.2) is 12.1 Å². The average Bonchev–Trinajstić information content (AvgIpc) is 2.28. The zero-order valence-corrected chi connectivity index (χ0v) is 13.4. The average molecular weight is 264 g/mol. The fraction of sp³-hybridized carbons (Fsp3) is 0.769. The third kappa shape index (κ3) is 3.98. The van der Waals surface area contributed by atoms with Crippen molar-refractivity contribution >= 4 is 15.2 Å². The second-order valence-electron chi connectivity index (χ2n) is 6.44. The van der Waals surface area contributed by atoms with Crippen molar-refractivity contribution in [1.29, 1.82) is 5.26 Å². The predicted octanol–water partition coefficient (Wildman–Crippen LogP) is 2.86. The minimum absolute atomic E-state index is 0.0678. The number of nitrogens with zero attached hydrogens (tertiary/aromatic N) is 2. The molecule has 0 aromatic rings. The topological polar surface area (TPSA) is 36.3 Å². The molecule has 0 fully saturated rings. The molecule has 0 spiro atoms. The second-order valence-corrected chi connectivity index (χ2v) is 11.2. The van der Waals surface area contributed by atoms with Crippen molar-refractivity contribution in [2.75, 3.05) is 19.7 Å². The number of rotatable bonds is 4. The molecule has 0 aromatic carbocycles. The van der Waals surface area contributed by atoms with Gasteiger partial charge in [-0.05, 0) is 31.1 Å². The zero-order valence-electron chi connectivity index (χ0n) is 12.4. The largest absolute Gasteiger partial charge is 0.416 e. The predicted molar refractivity (Wildman–Crippen MR) is 79.8 cm³/mol.